The summed E-state index contributed by atoms with van der Waals surface area (Å²) in [6.45, 7) is 4.91. The first-order valence-electron chi connectivity index (χ1n) is 9.78. The van der Waals surface area contributed by atoms with Crippen LogP contribution < -0.4 is 0 Å². The van der Waals surface area contributed by atoms with Crippen molar-refractivity contribution >= 4 is 5.97 Å². The fraction of sp³-hybridized carbons (Fsp3) is 0.850. The van der Waals surface area contributed by atoms with E-state index in [9.17, 15) is 4.79 Å². The number of hydrogen-bond donors (Lipinski definition) is 0. The lowest BCUT2D eigenvalue weighted by molar-refractivity contribution is -0.272. The van der Waals surface area contributed by atoms with Crippen LogP contribution in [0.15, 0.2) is 12.2 Å². The molecule has 0 radical (unpaired) electrons. The van der Waals surface area contributed by atoms with Crippen molar-refractivity contribution in [2.24, 2.45) is 0 Å². The molecule has 0 unspecified atom stereocenters. The minimum Gasteiger partial charge on any atom is -0.298 e. The highest BCUT2D eigenvalue weighted by molar-refractivity contribution is 5.68. The van der Waals surface area contributed by atoms with Crippen molar-refractivity contribution in [1.82, 2.24) is 0 Å². The summed E-state index contributed by atoms with van der Waals surface area (Å²) in [6, 6.07) is 0. The third kappa shape index (κ3) is 19.1. The minimum atomic E-state index is -0.223. The molecule has 0 rings (SSSR count). The number of carbonyl (C=O) groups excluding carboxylic acids is 1. The zero-order chi connectivity index (χ0) is 17.0. The molecule has 136 valence electrons. The Morgan fingerprint density at radius 3 is 2.17 bits per heavy atom. The van der Waals surface area contributed by atoms with E-state index in [0.29, 0.717) is 13.0 Å². The molecular weight excluding hydrogens is 288 g/mol. The van der Waals surface area contributed by atoms with Gasteiger partial charge in [0.25, 0.3) is 0 Å². The molecule has 0 aliphatic heterocycles. The minimum absolute atomic E-state index is 0.223. The molecule has 0 aromatic carbocycles. The van der Waals surface area contributed by atoms with Crippen LogP contribution in [-0.2, 0) is 14.6 Å². The maximum atomic E-state index is 11.5. The molecule has 0 N–H and O–H groups in total. The SMILES string of the molecule is CCC=CCCCCCCC(=O)OOCCCCCCCCC. The lowest BCUT2D eigenvalue weighted by atomic mass is 10.1. The summed E-state index contributed by atoms with van der Waals surface area (Å²) in [7, 11) is 0. The summed E-state index contributed by atoms with van der Waals surface area (Å²) < 4.78 is 0. The van der Waals surface area contributed by atoms with E-state index in [2.05, 4.69) is 26.0 Å². The van der Waals surface area contributed by atoms with Crippen LogP contribution in [0.5, 0.6) is 0 Å². The van der Waals surface area contributed by atoms with E-state index in [4.69, 9.17) is 9.78 Å². The van der Waals surface area contributed by atoms with E-state index in [1.807, 2.05) is 0 Å². The molecule has 0 aliphatic carbocycles. The lowest BCUT2D eigenvalue weighted by Crippen LogP contribution is -2.06. The Kier molecular flexibility index (Phi) is 18.5. The van der Waals surface area contributed by atoms with Gasteiger partial charge in [-0.15, -0.1) is 0 Å². The maximum Gasteiger partial charge on any atom is 0.342 e. The van der Waals surface area contributed by atoms with Gasteiger partial charge in [-0.05, 0) is 32.1 Å². The quantitative estimate of drug-likeness (QED) is 0.132. The lowest BCUT2D eigenvalue weighted by Gasteiger charge is -2.04. The largest absolute Gasteiger partial charge is 0.342 e. The van der Waals surface area contributed by atoms with Gasteiger partial charge in [0.1, 0.15) is 0 Å². The molecule has 0 aliphatic rings. The molecule has 0 saturated heterocycles. The van der Waals surface area contributed by atoms with Gasteiger partial charge >= 0.3 is 5.97 Å². The van der Waals surface area contributed by atoms with E-state index in [1.54, 1.807) is 0 Å². The van der Waals surface area contributed by atoms with Gasteiger partial charge < -0.3 is 0 Å². The number of hydrogen-bond acceptors (Lipinski definition) is 3. The van der Waals surface area contributed by atoms with E-state index < -0.39 is 0 Å². The number of carbonyl (C=O) groups is 1. The second kappa shape index (κ2) is 19.2. The Labute approximate surface area is 143 Å². The molecule has 0 heterocycles. The summed E-state index contributed by atoms with van der Waals surface area (Å²) >= 11 is 0. The molecule has 0 fully saturated rings. The zero-order valence-corrected chi connectivity index (χ0v) is 15.5. The Morgan fingerprint density at radius 2 is 1.43 bits per heavy atom. The summed E-state index contributed by atoms with van der Waals surface area (Å²) in [5.41, 5.74) is 0. The molecule has 0 aromatic heterocycles. The van der Waals surface area contributed by atoms with Crippen LogP contribution in [-0.4, -0.2) is 12.6 Å². The molecule has 0 amide bonds. The molecule has 0 bridgehead atoms. The topological polar surface area (TPSA) is 35.5 Å². The highest BCUT2D eigenvalue weighted by Crippen LogP contribution is 2.08. The van der Waals surface area contributed by atoms with Crippen molar-refractivity contribution in [1.29, 1.82) is 0 Å². The van der Waals surface area contributed by atoms with Crippen molar-refractivity contribution < 1.29 is 14.6 Å². The third-order valence-corrected chi connectivity index (χ3v) is 3.89. The highest BCUT2D eigenvalue weighted by Gasteiger charge is 2.03. The second-order valence-corrected chi connectivity index (χ2v) is 6.23. The third-order valence-electron chi connectivity index (χ3n) is 3.89. The predicted molar refractivity (Wildman–Crippen MR) is 97.2 cm³/mol. The molecule has 0 saturated carbocycles. The summed E-state index contributed by atoms with van der Waals surface area (Å²) in [5.74, 6) is -0.223. The highest BCUT2D eigenvalue weighted by atomic mass is 17.2. The van der Waals surface area contributed by atoms with Crippen LogP contribution in [0.25, 0.3) is 0 Å². The van der Waals surface area contributed by atoms with Crippen LogP contribution >= 0.6 is 0 Å². The fourth-order valence-electron chi connectivity index (χ4n) is 2.44. The fourth-order valence-corrected chi connectivity index (χ4v) is 2.44. The van der Waals surface area contributed by atoms with Crippen molar-refractivity contribution in [3.05, 3.63) is 12.2 Å². The van der Waals surface area contributed by atoms with E-state index in [0.717, 1.165) is 38.5 Å². The first-order valence-corrected chi connectivity index (χ1v) is 9.78. The zero-order valence-electron chi connectivity index (χ0n) is 15.5. The van der Waals surface area contributed by atoms with E-state index in [1.165, 1.54) is 44.9 Å². The standard InChI is InChI=1S/C20H38O3/c1-3-5-7-9-11-12-14-16-18-20(21)23-22-19-17-15-13-10-8-6-4-2/h5,7H,3-4,6,8-19H2,1-2H3. The van der Waals surface area contributed by atoms with E-state index >= 15 is 0 Å². The monoisotopic (exact) mass is 326 g/mol. The van der Waals surface area contributed by atoms with Gasteiger partial charge in [0.05, 0.1) is 6.61 Å². The molecule has 0 spiro atoms. The van der Waals surface area contributed by atoms with Gasteiger partial charge in [-0.3, -0.25) is 4.89 Å². The smallest absolute Gasteiger partial charge is 0.298 e. The average Bonchev–Trinajstić information content (AvgIpc) is 2.56. The van der Waals surface area contributed by atoms with Crippen molar-refractivity contribution in [3.8, 4) is 0 Å². The van der Waals surface area contributed by atoms with Crippen molar-refractivity contribution in [2.45, 2.75) is 104 Å². The van der Waals surface area contributed by atoms with Crippen molar-refractivity contribution in [3.63, 3.8) is 0 Å². The molecular formula is C20H38O3. The van der Waals surface area contributed by atoms with Crippen LogP contribution in [0.1, 0.15) is 104 Å². The van der Waals surface area contributed by atoms with Crippen LogP contribution in [0, 0.1) is 0 Å². The van der Waals surface area contributed by atoms with Crippen LogP contribution in [0.4, 0.5) is 0 Å². The Hall–Kier alpha value is -0.830. The van der Waals surface area contributed by atoms with Gasteiger partial charge in [-0.1, -0.05) is 77.4 Å². The van der Waals surface area contributed by atoms with Crippen molar-refractivity contribution in [2.75, 3.05) is 6.61 Å². The first-order chi connectivity index (χ1) is 11.3. The van der Waals surface area contributed by atoms with Gasteiger partial charge in [0, 0.05) is 6.42 Å². The van der Waals surface area contributed by atoms with Crippen LogP contribution in [0.2, 0.25) is 0 Å². The Bertz CT molecular complexity index is 274. The molecule has 3 heteroatoms. The average molecular weight is 327 g/mol. The van der Waals surface area contributed by atoms with Crippen LogP contribution in [0.3, 0.4) is 0 Å². The summed E-state index contributed by atoms with van der Waals surface area (Å²) in [5, 5.41) is 0. The number of unbranched alkanes of at least 4 members (excludes halogenated alkanes) is 10. The molecule has 3 nitrogen and oxygen atoms in total. The predicted octanol–water partition coefficient (Wildman–Crippen LogP) is 6.52. The maximum absolute atomic E-state index is 11.5. The normalized spacial score (nSPS) is 11.2. The summed E-state index contributed by atoms with van der Waals surface area (Å²) in [4.78, 5) is 21.2. The van der Waals surface area contributed by atoms with Gasteiger partial charge in [0.2, 0.25) is 0 Å². The molecule has 0 atom stereocenters. The summed E-state index contributed by atoms with van der Waals surface area (Å²) in [6.07, 6.45) is 20.2. The Balaban J connectivity index is 3.17. The first kappa shape index (κ1) is 22.2. The van der Waals surface area contributed by atoms with E-state index in [-0.39, 0.29) is 5.97 Å². The number of rotatable bonds is 17. The molecule has 23 heavy (non-hydrogen) atoms. The Morgan fingerprint density at radius 1 is 0.783 bits per heavy atom. The van der Waals surface area contributed by atoms with Gasteiger partial charge in [-0.2, -0.15) is 4.89 Å². The van der Waals surface area contributed by atoms with Gasteiger partial charge in [-0.25, -0.2) is 4.79 Å². The van der Waals surface area contributed by atoms with Gasteiger partial charge in [0.15, 0.2) is 0 Å². The molecule has 0 aromatic rings. The number of allylic oxidation sites excluding steroid dienone is 2. The second-order valence-electron chi connectivity index (χ2n) is 6.23.